The minimum atomic E-state index is -3.35. The molecule has 0 bridgehead atoms. The van der Waals surface area contributed by atoms with E-state index in [0.29, 0.717) is 36.9 Å². The SMILES string of the molecule is Cc1ccc2nc(N3CCS(=O)(=O)c4ccccc4C3)cc(N3CC(O)C(O)C3)c2c1. The molecule has 3 heterocycles. The molecule has 1 saturated heterocycles. The third kappa shape index (κ3) is 3.64. The zero-order chi connectivity index (χ0) is 21.8. The monoisotopic (exact) mass is 439 g/mol. The molecule has 0 spiro atoms. The average Bonchev–Trinajstić information content (AvgIpc) is 3.01. The maximum atomic E-state index is 12.8. The standard InChI is InChI=1S/C23H25N3O4S/c1-15-6-7-18-17(10-15)19(26-13-20(27)21(28)14-26)11-23(24-18)25-8-9-31(29,30)22-5-3-2-4-16(22)12-25/h2-7,10-11,20-21,27-28H,8-9,12-14H2,1H3. The predicted molar refractivity (Wildman–Crippen MR) is 120 cm³/mol. The van der Waals surface area contributed by atoms with Crippen molar-refractivity contribution < 1.29 is 18.6 Å². The summed E-state index contributed by atoms with van der Waals surface area (Å²) in [5.74, 6) is 0.711. The molecule has 0 aliphatic carbocycles. The van der Waals surface area contributed by atoms with Crippen molar-refractivity contribution in [3.05, 3.63) is 59.7 Å². The van der Waals surface area contributed by atoms with Gasteiger partial charge in [0.2, 0.25) is 0 Å². The lowest BCUT2D eigenvalue weighted by atomic mass is 10.1. The molecule has 3 aromatic rings. The highest BCUT2D eigenvalue weighted by Crippen LogP contribution is 2.34. The van der Waals surface area contributed by atoms with Gasteiger partial charge in [0.05, 0.1) is 34.1 Å². The molecule has 5 rings (SSSR count). The van der Waals surface area contributed by atoms with Crippen LogP contribution in [0.5, 0.6) is 0 Å². The first-order valence-corrected chi connectivity index (χ1v) is 12.1. The number of rotatable bonds is 2. The normalized spacial score (nSPS) is 23.1. The fourth-order valence-electron chi connectivity index (χ4n) is 4.46. The Labute approximate surface area is 181 Å². The lowest BCUT2D eigenvalue weighted by Gasteiger charge is -2.26. The van der Waals surface area contributed by atoms with Gasteiger partial charge in [-0.3, -0.25) is 0 Å². The predicted octanol–water partition coefficient (Wildman–Crippen LogP) is 1.88. The first-order chi connectivity index (χ1) is 14.8. The van der Waals surface area contributed by atoms with E-state index in [2.05, 4.69) is 6.07 Å². The molecule has 31 heavy (non-hydrogen) atoms. The Bertz CT molecular complexity index is 1250. The molecular formula is C23H25N3O4S. The highest BCUT2D eigenvalue weighted by atomic mass is 32.2. The van der Waals surface area contributed by atoms with Gasteiger partial charge in [-0.05, 0) is 30.7 Å². The Kier molecular flexibility index (Phi) is 4.88. The molecule has 0 radical (unpaired) electrons. The van der Waals surface area contributed by atoms with Crippen LogP contribution in [-0.4, -0.2) is 61.2 Å². The van der Waals surface area contributed by atoms with E-state index in [1.807, 2.05) is 47.1 Å². The maximum Gasteiger partial charge on any atom is 0.180 e. The van der Waals surface area contributed by atoms with Crippen molar-refractivity contribution in [1.29, 1.82) is 0 Å². The molecule has 2 aromatic carbocycles. The van der Waals surface area contributed by atoms with Crippen molar-refractivity contribution >= 4 is 32.2 Å². The van der Waals surface area contributed by atoms with Gasteiger partial charge >= 0.3 is 0 Å². The minimum Gasteiger partial charge on any atom is -0.389 e. The second kappa shape index (κ2) is 7.47. The Morgan fingerprint density at radius 3 is 2.52 bits per heavy atom. The van der Waals surface area contributed by atoms with Crippen LogP contribution in [0.1, 0.15) is 11.1 Å². The fourth-order valence-corrected chi connectivity index (χ4v) is 5.96. The highest BCUT2D eigenvalue weighted by Gasteiger charge is 2.32. The topological polar surface area (TPSA) is 94.0 Å². The van der Waals surface area contributed by atoms with Crippen molar-refractivity contribution in [2.24, 2.45) is 0 Å². The van der Waals surface area contributed by atoms with Crippen LogP contribution in [0.2, 0.25) is 0 Å². The summed E-state index contributed by atoms with van der Waals surface area (Å²) in [7, 11) is -3.35. The molecule has 162 valence electrons. The summed E-state index contributed by atoms with van der Waals surface area (Å²) in [5.41, 5.74) is 3.55. The molecule has 0 saturated carbocycles. The summed E-state index contributed by atoms with van der Waals surface area (Å²) >= 11 is 0. The number of β-amino-alcohol motifs (C(OH)–C–C–N with tert-alkyl or cyclic N) is 2. The van der Waals surface area contributed by atoms with E-state index < -0.39 is 22.0 Å². The lowest BCUT2D eigenvalue weighted by molar-refractivity contribution is 0.0572. The van der Waals surface area contributed by atoms with Crippen LogP contribution in [0.15, 0.2) is 53.4 Å². The molecule has 2 aliphatic rings. The van der Waals surface area contributed by atoms with E-state index in [9.17, 15) is 18.6 Å². The smallest absolute Gasteiger partial charge is 0.180 e. The van der Waals surface area contributed by atoms with Gasteiger partial charge < -0.3 is 20.0 Å². The van der Waals surface area contributed by atoms with Crippen LogP contribution in [0, 0.1) is 6.92 Å². The molecular weight excluding hydrogens is 414 g/mol. The number of aliphatic hydroxyl groups excluding tert-OH is 2. The number of nitrogens with zero attached hydrogens (tertiary/aromatic N) is 3. The number of benzene rings is 2. The first-order valence-electron chi connectivity index (χ1n) is 10.4. The molecule has 1 fully saturated rings. The summed E-state index contributed by atoms with van der Waals surface area (Å²) in [4.78, 5) is 9.21. The van der Waals surface area contributed by atoms with Gasteiger partial charge in [0, 0.05) is 37.6 Å². The summed E-state index contributed by atoms with van der Waals surface area (Å²) in [6.45, 7) is 3.48. The minimum absolute atomic E-state index is 0.0219. The number of anilines is 2. The van der Waals surface area contributed by atoms with Crippen molar-refractivity contribution in [3.8, 4) is 0 Å². The fraction of sp³-hybridized carbons (Fsp3) is 0.348. The third-order valence-electron chi connectivity index (χ3n) is 6.15. The molecule has 2 unspecified atom stereocenters. The van der Waals surface area contributed by atoms with Crippen LogP contribution in [0.3, 0.4) is 0 Å². The zero-order valence-corrected chi connectivity index (χ0v) is 18.1. The van der Waals surface area contributed by atoms with E-state index in [-0.39, 0.29) is 5.75 Å². The van der Waals surface area contributed by atoms with Crippen LogP contribution >= 0.6 is 0 Å². The van der Waals surface area contributed by atoms with Gasteiger partial charge in [-0.25, -0.2) is 13.4 Å². The number of sulfone groups is 1. The molecule has 2 N–H and O–H groups in total. The number of pyridine rings is 1. The number of hydrogen-bond donors (Lipinski definition) is 2. The summed E-state index contributed by atoms with van der Waals surface area (Å²) in [6, 6.07) is 15.1. The Balaban J connectivity index is 1.62. The number of fused-ring (bicyclic) bond motifs is 2. The van der Waals surface area contributed by atoms with Gasteiger partial charge in [-0.15, -0.1) is 0 Å². The van der Waals surface area contributed by atoms with Crippen LogP contribution in [0.25, 0.3) is 10.9 Å². The quantitative estimate of drug-likeness (QED) is 0.630. The molecule has 8 heteroatoms. The third-order valence-corrected chi connectivity index (χ3v) is 7.94. The number of aliphatic hydroxyl groups is 2. The van der Waals surface area contributed by atoms with Crippen molar-refractivity contribution in [2.75, 3.05) is 35.2 Å². The number of hydrogen-bond acceptors (Lipinski definition) is 7. The molecule has 0 amide bonds. The highest BCUT2D eigenvalue weighted by molar-refractivity contribution is 7.91. The second-order valence-corrected chi connectivity index (χ2v) is 10.5. The number of aromatic nitrogens is 1. The summed E-state index contributed by atoms with van der Waals surface area (Å²) in [6.07, 6.45) is -1.60. The van der Waals surface area contributed by atoms with Crippen molar-refractivity contribution in [1.82, 2.24) is 4.98 Å². The molecule has 1 aromatic heterocycles. The first kappa shape index (κ1) is 20.2. The van der Waals surface area contributed by atoms with E-state index in [0.717, 1.165) is 27.7 Å². The average molecular weight is 440 g/mol. The van der Waals surface area contributed by atoms with E-state index >= 15 is 0 Å². The lowest BCUT2D eigenvalue weighted by Crippen LogP contribution is -2.27. The summed E-state index contributed by atoms with van der Waals surface area (Å²) < 4.78 is 25.5. The van der Waals surface area contributed by atoms with Gasteiger partial charge in [0.15, 0.2) is 9.84 Å². The van der Waals surface area contributed by atoms with Gasteiger partial charge in [-0.2, -0.15) is 0 Å². The largest absolute Gasteiger partial charge is 0.389 e. The molecule has 7 nitrogen and oxygen atoms in total. The van der Waals surface area contributed by atoms with Gasteiger partial charge in [-0.1, -0.05) is 29.8 Å². The Hall–Kier alpha value is -2.68. The molecule has 2 atom stereocenters. The zero-order valence-electron chi connectivity index (χ0n) is 17.3. The Morgan fingerprint density at radius 2 is 1.74 bits per heavy atom. The van der Waals surface area contributed by atoms with Gasteiger partial charge in [0.1, 0.15) is 5.82 Å². The van der Waals surface area contributed by atoms with E-state index in [1.54, 1.807) is 12.1 Å². The Morgan fingerprint density at radius 1 is 1.00 bits per heavy atom. The maximum absolute atomic E-state index is 12.8. The van der Waals surface area contributed by atoms with E-state index in [4.69, 9.17) is 4.98 Å². The van der Waals surface area contributed by atoms with Gasteiger partial charge in [0.25, 0.3) is 0 Å². The van der Waals surface area contributed by atoms with E-state index in [1.165, 1.54) is 0 Å². The van der Waals surface area contributed by atoms with Crippen LogP contribution in [-0.2, 0) is 16.4 Å². The van der Waals surface area contributed by atoms with Crippen molar-refractivity contribution in [2.45, 2.75) is 30.6 Å². The van der Waals surface area contributed by atoms with Crippen molar-refractivity contribution in [3.63, 3.8) is 0 Å². The second-order valence-electron chi connectivity index (χ2n) is 8.41. The summed E-state index contributed by atoms with van der Waals surface area (Å²) in [5, 5.41) is 21.1. The number of aryl methyl sites for hydroxylation is 1. The molecule has 2 aliphatic heterocycles. The van der Waals surface area contributed by atoms with Crippen LogP contribution < -0.4 is 9.80 Å². The van der Waals surface area contributed by atoms with Crippen LogP contribution in [0.4, 0.5) is 11.5 Å².